The fourth-order valence-corrected chi connectivity index (χ4v) is 2.67. The number of nitrogens with zero attached hydrogens (tertiary/aromatic N) is 2. The van der Waals surface area contributed by atoms with Crippen LogP contribution in [0.25, 0.3) is 0 Å². The summed E-state index contributed by atoms with van der Waals surface area (Å²) in [5.41, 5.74) is 4.06. The topological polar surface area (TPSA) is 76.1 Å². The number of amides is 1. The van der Waals surface area contributed by atoms with Gasteiger partial charge in [0.15, 0.2) is 0 Å². The van der Waals surface area contributed by atoms with Gasteiger partial charge in [0.05, 0.1) is 11.8 Å². The van der Waals surface area contributed by atoms with Crippen molar-refractivity contribution in [2.75, 3.05) is 10.6 Å². The molecule has 1 amide bonds. The molecule has 3 rings (SSSR count). The number of carbonyl (C=O) groups is 1. The molecule has 0 spiro atoms. The van der Waals surface area contributed by atoms with Crippen molar-refractivity contribution in [3.05, 3.63) is 71.5 Å². The van der Waals surface area contributed by atoms with Crippen LogP contribution in [0.2, 0.25) is 0 Å². The molecule has 0 unspecified atom stereocenters. The summed E-state index contributed by atoms with van der Waals surface area (Å²) in [7, 11) is 0. The van der Waals surface area contributed by atoms with Gasteiger partial charge >= 0.3 is 0 Å². The molecule has 6 nitrogen and oxygen atoms in total. The van der Waals surface area contributed by atoms with Crippen LogP contribution in [0, 0.1) is 13.8 Å². The summed E-state index contributed by atoms with van der Waals surface area (Å²) in [6.45, 7) is 7.95. The summed E-state index contributed by atoms with van der Waals surface area (Å²) < 4.78 is 5.75. The van der Waals surface area contributed by atoms with Crippen molar-refractivity contribution in [3.8, 4) is 5.75 Å². The number of anilines is 3. The molecule has 3 aromatic rings. The van der Waals surface area contributed by atoms with Crippen molar-refractivity contribution in [1.82, 2.24) is 9.97 Å². The predicted octanol–water partition coefficient (Wildman–Crippen LogP) is 4.88. The highest BCUT2D eigenvalue weighted by Crippen LogP contribution is 2.25. The summed E-state index contributed by atoms with van der Waals surface area (Å²) in [6.07, 6.45) is 1.57. The molecule has 144 valence electrons. The molecule has 0 fully saturated rings. The quantitative estimate of drug-likeness (QED) is 0.641. The van der Waals surface area contributed by atoms with E-state index in [0.717, 1.165) is 11.3 Å². The van der Waals surface area contributed by atoms with Crippen LogP contribution in [0.5, 0.6) is 5.75 Å². The molecule has 0 aliphatic carbocycles. The zero-order chi connectivity index (χ0) is 20.1. The Labute approximate surface area is 165 Å². The van der Waals surface area contributed by atoms with Gasteiger partial charge in [-0.05, 0) is 63.1 Å². The number of aromatic nitrogens is 2. The Kier molecular flexibility index (Phi) is 5.89. The second-order valence-corrected chi connectivity index (χ2v) is 6.75. The van der Waals surface area contributed by atoms with Gasteiger partial charge in [0.1, 0.15) is 11.4 Å². The third kappa shape index (κ3) is 4.65. The predicted molar refractivity (Wildman–Crippen MR) is 111 cm³/mol. The maximum Gasteiger partial charge on any atom is 0.274 e. The Bertz CT molecular complexity index is 986. The van der Waals surface area contributed by atoms with Gasteiger partial charge in [0, 0.05) is 11.9 Å². The average molecular weight is 376 g/mol. The highest BCUT2D eigenvalue weighted by Gasteiger charge is 2.13. The highest BCUT2D eigenvalue weighted by molar-refractivity contribution is 6.03. The van der Waals surface area contributed by atoms with E-state index in [1.165, 1.54) is 5.56 Å². The van der Waals surface area contributed by atoms with Crippen molar-refractivity contribution < 1.29 is 9.53 Å². The zero-order valence-electron chi connectivity index (χ0n) is 16.5. The average Bonchev–Trinajstić information content (AvgIpc) is 2.67. The van der Waals surface area contributed by atoms with E-state index in [2.05, 4.69) is 20.6 Å². The molecule has 0 aliphatic heterocycles. The smallest absolute Gasteiger partial charge is 0.274 e. The number of hydrogen-bond donors (Lipinski definition) is 2. The van der Waals surface area contributed by atoms with Gasteiger partial charge in [-0.3, -0.25) is 4.79 Å². The number of carbonyl (C=O) groups excluding carboxylic acids is 1. The molecule has 0 saturated heterocycles. The van der Waals surface area contributed by atoms with Gasteiger partial charge in [0.25, 0.3) is 5.91 Å². The van der Waals surface area contributed by atoms with E-state index in [1.54, 1.807) is 18.3 Å². The summed E-state index contributed by atoms with van der Waals surface area (Å²) in [5, 5.41) is 6.04. The third-order valence-electron chi connectivity index (χ3n) is 4.24. The lowest BCUT2D eigenvalue weighted by molar-refractivity contribution is 0.102. The Balaban J connectivity index is 1.79. The molecular weight excluding hydrogens is 352 g/mol. The number of rotatable bonds is 6. The first-order valence-corrected chi connectivity index (χ1v) is 9.17. The van der Waals surface area contributed by atoms with Gasteiger partial charge in [-0.2, -0.15) is 0 Å². The van der Waals surface area contributed by atoms with Gasteiger partial charge in [0.2, 0.25) is 5.95 Å². The van der Waals surface area contributed by atoms with Gasteiger partial charge < -0.3 is 15.4 Å². The number of aryl methyl sites for hydroxylation is 1. The van der Waals surface area contributed by atoms with Crippen LogP contribution in [-0.4, -0.2) is 22.0 Å². The van der Waals surface area contributed by atoms with Crippen LogP contribution in [0.3, 0.4) is 0 Å². The Morgan fingerprint density at radius 2 is 1.75 bits per heavy atom. The Hall–Kier alpha value is -3.41. The van der Waals surface area contributed by atoms with Crippen molar-refractivity contribution >= 4 is 23.2 Å². The molecular formula is C22H24N4O2. The van der Waals surface area contributed by atoms with Crippen molar-refractivity contribution in [1.29, 1.82) is 0 Å². The summed E-state index contributed by atoms with van der Waals surface area (Å²) >= 11 is 0. The fraction of sp³-hybridized carbons (Fsp3) is 0.227. The number of ether oxygens (including phenoxy) is 1. The van der Waals surface area contributed by atoms with Crippen LogP contribution < -0.4 is 15.4 Å². The third-order valence-corrected chi connectivity index (χ3v) is 4.24. The summed E-state index contributed by atoms with van der Waals surface area (Å²) in [4.78, 5) is 21.3. The number of benzene rings is 2. The number of hydrogen-bond acceptors (Lipinski definition) is 5. The maximum atomic E-state index is 12.7. The van der Waals surface area contributed by atoms with Gasteiger partial charge in [-0.15, -0.1) is 0 Å². The second-order valence-electron chi connectivity index (χ2n) is 6.75. The Morgan fingerprint density at radius 1 is 1.00 bits per heavy atom. The minimum absolute atomic E-state index is 0.00507. The molecule has 28 heavy (non-hydrogen) atoms. The van der Waals surface area contributed by atoms with Crippen molar-refractivity contribution in [2.45, 2.75) is 33.8 Å². The zero-order valence-corrected chi connectivity index (χ0v) is 16.5. The molecule has 1 aromatic heterocycles. The van der Waals surface area contributed by atoms with Crippen molar-refractivity contribution in [2.24, 2.45) is 0 Å². The molecule has 1 heterocycles. The molecule has 2 N–H and O–H groups in total. The highest BCUT2D eigenvalue weighted by atomic mass is 16.5. The largest absolute Gasteiger partial charge is 0.489 e. The van der Waals surface area contributed by atoms with Crippen LogP contribution in [0.15, 0.2) is 54.7 Å². The van der Waals surface area contributed by atoms with E-state index in [9.17, 15) is 4.79 Å². The molecule has 0 radical (unpaired) electrons. The SMILES string of the molecule is Cc1cccc(Nc2nccc(C(=O)Nc3ccccc3OC(C)C)n2)c1C. The lowest BCUT2D eigenvalue weighted by Gasteiger charge is -2.15. The number of nitrogens with one attached hydrogen (secondary N) is 2. The lowest BCUT2D eigenvalue weighted by atomic mass is 10.1. The lowest BCUT2D eigenvalue weighted by Crippen LogP contribution is -2.16. The second kappa shape index (κ2) is 8.52. The Morgan fingerprint density at radius 3 is 2.54 bits per heavy atom. The van der Waals surface area contributed by atoms with Crippen molar-refractivity contribution in [3.63, 3.8) is 0 Å². The van der Waals surface area contributed by atoms with Crippen LogP contribution in [-0.2, 0) is 0 Å². The van der Waals surface area contributed by atoms with E-state index in [1.807, 2.05) is 64.1 Å². The molecule has 0 aliphatic rings. The van der Waals surface area contributed by atoms with Crippen LogP contribution in [0.1, 0.15) is 35.5 Å². The van der Waals surface area contributed by atoms with E-state index in [4.69, 9.17) is 4.74 Å². The summed E-state index contributed by atoms with van der Waals surface area (Å²) in [6, 6.07) is 14.9. The molecule has 0 saturated carbocycles. The van der Waals surface area contributed by atoms with Crippen LogP contribution >= 0.6 is 0 Å². The molecule has 6 heteroatoms. The van der Waals surface area contributed by atoms with E-state index >= 15 is 0 Å². The first kappa shape index (κ1) is 19.4. The monoisotopic (exact) mass is 376 g/mol. The summed E-state index contributed by atoms with van der Waals surface area (Å²) in [5.74, 6) is 0.660. The molecule has 0 bridgehead atoms. The minimum Gasteiger partial charge on any atom is -0.489 e. The standard InChI is InChI=1S/C22H24N4O2/c1-14(2)28-20-11-6-5-9-18(20)24-21(27)19-12-13-23-22(26-19)25-17-10-7-8-15(3)16(17)4/h5-14H,1-4H3,(H,24,27)(H,23,25,26). The first-order chi connectivity index (χ1) is 13.4. The fourth-order valence-electron chi connectivity index (χ4n) is 2.67. The van der Waals surface area contributed by atoms with Crippen LogP contribution in [0.4, 0.5) is 17.3 Å². The maximum absolute atomic E-state index is 12.7. The van der Waals surface area contributed by atoms with Gasteiger partial charge in [-0.25, -0.2) is 9.97 Å². The first-order valence-electron chi connectivity index (χ1n) is 9.17. The van der Waals surface area contributed by atoms with E-state index in [-0.39, 0.29) is 17.7 Å². The normalized spacial score (nSPS) is 10.6. The van der Waals surface area contributed by atoms with E-state index in [0.29, 0.717) is 17.4 Å². The molecule has 2 aromatic carbocycles. The van der Waals surface area contributed by atoms with E-state index < -0.39 is 0 Å². The van der Waals surface area contributed by atoms with Gasteiger partial charge in [-0.1, -0.05) is 24.3 Å². The minimum atomic E-state index is -0.328. The number of para-hydroxylation sites is 2. The molecule has 0 atom stereocenters.